The van der Waals surface area contributed by atoms with E-state index in [0.717, 1.165) is 0 Å². The van der Waals surface area contributed by atoms with Crippen LogP contribution < -0.4 is 9.88 Å². The van der Waals surface area contributed by atoms with Gasteiger partial charge in [0.05, 0.1) is 6.10 Å². The van der Waals surface area contributed by atoms with E-state index in [1.807, 2.05) is 6.92 Å². The predicted molar refractivity (Wildman–Crippen MR) is 67.5 cm³/mol. The lowest BCUT2D eigenvalue weighted by molar-refractivity contribution is 0.0705. The molecular formula is C10H14BrNO4S. The van der Waals surface area contributed by atoms with Crippen molar-refractivity contribution in [1.29, 1.82) is 0 Å². The van der Waals surface area contributed by atoms with E-state index in [9.17, 15) is 8.42 Å². The molecule has 0 amide bonds. The molecular weight excluding hydrogens is 310 g/mol. The fraction of sp³-hybridized carbons (Fsp3) is 0.400. The molecule has 0 bridgehead atoms. The van der Waals surface area contributed by atoms with E-state index in [1.54, 1.807) is 19.2 Å². The van der Waals surface area contributed by atoms with E-state index in [-0.39, 0.29) is 23.4 Å². The highest BCUT2D eigenvalue weighted by Crippen LogP contribution is 2.26. The van der Waals surface area contributed by atoms with E-state index in [0.29, 0.717) is 4.47 Å². The van der Waals surface area contributed by atoms with Crippen molar-refractivity contribution in [2.45, 2.75) is 17.9 Å². The molecule has 0 aromatic heterocycles. The molecule has 0 aliphatic heterocycles. The van der Waals surface area contributed by atoms with Gasteiger partial charge in [-0.2, -0.15) is 0 Å². The standard InChI is InChI=1S/C10H14BrNO4S/c1-7(15-2)6-16-9-4-3-8(11)5-10(9)17(12,13)14/h3-5,7H,6H2,1-2H3,(H2,12,13,14). The zero-order valence-electron chi connectivity index (χ0n) is 9.51. The molecule has 1 rings (SSSR count). The van der Waals surface area contributed by atoms with E-state index in [1.165, 1.54) is 6.07 Å². The van der Waals surface area contributed by atoms with Crippen LogP contribution >= 0.6 is 15.9 Å². The molecule has 0 aliphatic rings. The van der Waals surface area contributed by atoms with Gasteiger partial charge in [0.2, 0.25) is 10.0 Å². The Morgan fingerprint density at radius 2 is 2.12 bits per heavy atom. The molecule has 17 heavy (non-hydrogen) atoms. The smallest absolute Gasteiger partial charge is 0.241 e. The van der Waals surface area contributed by atoms with Crippen molar-refractivity contribution in [1.82, 2.24) is 0 Å². The first-order valence-corrected chi connectivity index (χ1v) is 7.16. The number of hydrogen-bond acceptors (Lipinski definition) is 4. The normalized spacial score (nSPS) is 13.4. The average molecular weight is 324 g/mol. The first-order chi connectivity index (χ1) is 7.84. The Balaban J connectivity index is 3.00. The molecule has 0 saturated carbocycles. The van der Waals surface area contributed by atoms with Crippen LogP contribution in [0.2, 0.25) is 0 Å². The van der Waals surface area contributed by atoms with Gasteiger partial charge in [-0.25, -0.2) is 13.6 Å². The zero-order chi connectivity index (χ0) is 13.1. The van der Waals surface area contributed by atoms with Gasteiger partial charge in [-0.15, -0.1) is 0 Å². The number of primary sulfonamides is 1. The minimum absolute atomic E-state index is 0.0461. The van der Waals surface area contributed by atoms with E-state index in [4.69, 9.17) is 14.6 Å². The number of sulfonamides is 1. The van der Waals surface area contributed by atoms with Crippen LogP contribution in [0.3, 0.4) is 0 Å². The van der Waals surface area contributed by atoms with Crippen LogP contribution in [0.1, 0.15) is 6.92 Å². The lowest BCUT2D eigenvalue weighted by Gasteiger charge is -2.13. The highest BCUT2D eigenvalue weighted by atomic mass is 79.9. The van der Waals surface area contributed by atoms with Crippen LogP contribution in [0.25, 0.3) is 0 Å². The third-order valence-corrected chi connectivity index (χ3v) is 3.51. The Kier molecular flexibility index (Phi) is 4.93. The number of hydrogen-bond donors (Lipinski definition) is 1. The highest BCUT2D eigenvalue weighted by Gasteiger charge is 2.16. The maximum Gasteiger partial charge on any atom is 0.241 e. The molecule has 2 N–H and O–H groups in total. The Bertz CT molecular complexity index is 489. The molecule has 1 atom stereocenters. The summed E-state index contributed by atoms with van der Waals surface area (Å²) in [5.74, 6) is 0.222. The molecule has 0 saturated heterocycles. The first-order valence-electron chi connectivity index (χ1n) is 4.82. The molecule has 0 heterocycles. The second-order valence-electron chi connectivity index (χ2n) is 3.49. The van der Waals surface area contributed by atoms with Crippen LogP contribution in [0.4, 0.5) is 0 Å². The van der Waals surface area contributed by atoms with Crippen molar-refractivity contribution in [3.63, 3.8) is 0 Å². The lowest BCUT2D eigenvalue weighted by atomic mass is 10.3. The summed E-state index contributed by atoms with van der Waals surface area (Å²) >= 11 is 3.18. The minimum Gasteiger partial charge on any atom is -0.489 e. The summed E-state index contributed by atoms with van der Waals surface area (Å²) < 4.78 is 33.7. The fourth-order valence-corrected chi connectivity index (χ4v) is 2.31. The van der Waals surface area contributed by atoms with Crippen LogP contribution in [0.15, 0.2) is 27.6 Å². The van der Waals surface area contributed by atoms with Crippen molar-refractivity contribution in [3.05, 3.63) is 22.7 Å². The molecule has 7 heteroatoms. The number of nitrogens with two attached hydrogens (primary N) is 1. The monoisotopic (exact) mass is 323 g/mol. The number of methoxy groups -OCH3 is 1. The molecule has 0 fully saturated rings. The maximum absolute atomic E-state index is 11.4. The second kappa shape index (κ2) is 5.81. The Morgan fingerprint density at radius 1 is 1.47 bits per heavy atom. The Hall–Kier alpha value is -0.630. The molecule has 0 spiro atoms. The summed E-state index contributed by atoms with van der Waals surface area (Å²) in [6.07, 6.45) is -0.132. The Morgan fingerprint density at radius 3 is 2.65 bits per heavy atom. The van der Waals surface area contributed by atoms with Gasteiger partial charge < -0.3 is 9.47 Å². The summed E-state index contributed by atoms with van der Waals surface area (Å²) in [7, 11) is -2.25. The SMILES string of the molecule is COC(C)COc1ccc(Br)cc1S(N)(=O)=O. The van der Waals surface area contributed by atoms with Gasteiger partial charge >= 0.3 is 0 Å². The summed E-state index contributed by atoms with van der Waals surface area (Å²) in [4.78, 5) is -0.0461. The van der Waals surface area contributed by atoms with Gasteiger partial charge in [0.25, 0.3) is 0 Å². The van der Waals surface area contributed by atoms with Gasteiger partial charge in [0, 0.05) is 11.6 Å². The topological polar surface area (TPSA) is 78.6 Å². The maximum atomic E-state index is 11.4. The van der Waals surface area contributed by atoms with Crippen molar-refractivity contribution in [2.24, 2.45) is 5.14 Å². The van der Waals surface area contributed by atoms with Gasteiger partial charge in [0.15, 0.2) is 0 Å². The van der Waals surface area contributed by atoms with Crippen molar-refractivity contribution in [2.75, 3.05) is 13.7 Å². The number of halogens is 1. The van der Waals surface area contributed by atoms with Crippen LogP contribution in [-0.4, -0.2) is 28.2 Å². The first kappa shape index (κ1) is 14.4. The molecule has 5 nitrogen and oxygen atoms in total. The summed E-state index contributed by atoms with van der Waals surface area (Å²) in [6.45, 7) is 2.07. The van der Waals surface area contributed by atoms with Crippen LogP contribution in [-0.2, 0) is 14.8 Å². The molecule has 1 aromatic rings. The average Bonchev–Trinajstić information content (AvgIpc) is 2.25. The molecule has 0 radical (unpaired) electrons. The number of ether oxygens (including phenoxy) is 2. The molecule has 0 aliphatic carbocycles. The number of rotatable bonds is 5. The largest absolute Gasteiger partial charge is 0.489 e. The van der Waals surface area contributed by atoms with Gasteiger partial charge in [-0.1, -0.05) is 15.9 Å². The number of benzene rings is 1. The van der Waals surface area contributed by atoms with Gasteiger partial charge in [-0.3, -0.25) is 0 Å². The third-order valence-electron chi connectivity index (χ3n) is 2.09. The predicted octanol–water partition coefficient (Wildman–Crippen LogP) is 1.51. The summed E-state index contributed by atoms with van der Waals surface area (Å²) in [5, 5.41) is 5.11. The van der Waals surface area contributed by atoms with Crippen molar-refractivity contribution < 1.29 is 17.9 Å². The zero-order valence-corrected chi connectivity index (χ0v) is 11.9. The molecule has 1 unspecified atom stereocenters. The van der Waals surface area contributed by atoms with E-state index in [2.05, 4.69) is 15.9 Å². The van der Waals surface area contributed by atoms with E-state index < -0.39 is 10.0 Å². The van der Waals surface area contributed by atoms with Gasteiger partial charge in [-0.05, 0) is 25.1 Å². The lowest BCUT2D eigenvalue weighted by Crippen LogP contribution is -2.19. The second-order valence-corrected chi connectivity index (χ2v) is 5.94. The van der Waals surface area contributed by atoms with Crippen LogP contribution in [0, 0.1) is 0 Å². The van der Waals surface area contributed by atoms with E-state index >= 15 is 0 Å². The van der Waals surface area contributed by atoms with Crippen molar-refractivity contribution >= 4 is 26.0 Å². The minimum atomic E-state index is -3.81. The third kappa shape index (κ3) is 4.27. The fourth-order valence-electron chi connectivity index (χ4n) is 1.10. The molecule has 96 valence electrons. The van der Waals surface area contributed by atoms with Crippen molar-refractivity contribution in [3.8, 4) is 5.75 Å². The van der Waals surface area contributed by atoms with Crippen LogP contribution in [0.5, 0.6) is 5.75 Å². The molecule has 1 aromatic carbocycles. The quantitative estimate of drug-likeness (QED) is 0.890. The Labute approximate surface area is 109 Å². The van der Waals surface area contributed by atoms with Gasteiger partial charge in [0.1, 0.15) is 17.3 Å². The highest BCUT2D eigenvalue weighted by molar-refractivity contribution is 9.10. The summed E-state index contributed by atoms with van der Waals surface area (Å²) in [5.41, 5.74) is 0. The summed E-state index contributed by atoms with van der Waals surface area (Å²) in [6, 6.07) is 4.63.